The topological polar surface area (TPSA) is 45.2 Å². The van der Waals surface area contributed by atoms with Crippen LogP contribution in [0.4, 0.5) is 11.5 Å². The van der Waals surface area contributed by atoms with E-state index >= 15 is 0 Å². The lowest BCUT2D eigenvalue weighted by Crippen LogP contribution is -2.30. The molecule has 1 aliphatic heterocycles. The average Bonchev–Trinajstić information content (AvgIpc) is 3.02. The molecule has 0 saturated heterocycles. The molecular formula is C22H23N3O. The molecule has 1 aromatic heterocycles. The second-order valence-electron chi connectivity index (χ2n) is 7.24. The maximum atomic E-state index is 12.1. The fourth-order valence-electron chi connectivity index (χ4n) is 3.46. The Hall–Kier alpha value is -2.88. The van der Waals surface area contributed by atoms with Gasteiger partial charge in [-0.1, -0.05) is 12.1 Å². The summed E-state index contributed by atoms with van der Waals surface area (Å²) in [5.41, 5.74) is 5.29. The van der Waals surface area contributed by atoms with Crippen molar-refractivity contribution in [2.45, 2.75) is 33.2 Å². The Kier molecular flexibility index (Phi) is 4.11. The van der Waals surface area contributed by atoms with E-state index in [2.05, 4.69) is 41.4 Å². The van der Waals surface area contributed by atoms with Crippen LogP contribution in [0.2, 0.25) is 0 Å². The number of carbonyl (C=O) groups is 1. The number of pyridine rings is 1. The molecule has 2 heterocycles. The number of aromatic nitrogens is 1. The van der Waals surface area contributed by atoms with Crippen molar-refractivity contribution in [1.29, 1.82) is 0 Å². The molecule has 4 heteroatoms. The predicted octanol–water partition coefficient (Wildman–Crippen LogP) is 4.38. The van der Waals surface area contributed by atoms with Gasteiger partial charge in [0.1, 0.15) is 5.82 Å². The van der Waals surface area contributed by atoms with E-state index in [9.17, 15) is 4.79 Å². The number of amides is 1. The monoisotopic (exact) mass is 345 g/mol. The standard InChI is InChI=1S/C22H23N3O/c1-14(2)23-22(26)16-6-8-19(9-7-16)25-11-10-18-13-17-5-4-15(3)12-20(17)24-21(18)25/h4-9,12-14H,10-11H2,1-3H3,(H,23,26). The minimum Gasteiger partial charge on any atom is -0.350 e. The zero-order valence-corrected chi connectivity index (χ0v) is 15.4. The number of rotatable bonds is 3. The van der Waals surface area contributed by atoms with Gasteiger partial charge in [-0.3, -0.25) is 4.79 Å². The van der Waals surface area contributed by atoms with E-state index in [-0.39, 0.29) is 11.9 Å². The van der Waals surface area contributed by atoms with Crippen molar-refractivity contribution in [2.75, 3.05) is 11.4 Å². The van der Waals surface area contributed by atoms with Crippen LogP contribution in [0.5, 0.6) is 0 Å². The van der Waals surface area contributed by atoms with E-state index in [0.29, 0.717) is 5.56 Å². The number of benzene rings is 2. The van der Waals surface area contributed by atoms with E-state index in [1.54, 1.807) is 0 Å². The Morgan fingerprint density at radius 2 is 1.88 bits per heavy atom. The molecule has 4 rings (SSSR count). The van der Waals surface area contributed by atoms with E-state index in [1.807, 2.05) is 38.1 Å². The van der Waals surface area contributed by atoms with Crippen molar-refractivity contribution in [2.24, 2.45) is 0 Å². The molecule has 3 aromatic rings. The van der Waals surface area contributed by atoms with Gasteiger partial charge in [0.05, 0.1) is 5.52 Å². The Bertz CT molecular complexity index is 977. The molecule has 0 spiro atoms. The molecule has 1 aliphatic rings. The maximum Gasteiger partial charge on any atom is 0.251 e. The molecule has 1 N–H and O–H groups in total. The largest absolute Gasteiger partial charge is 0.350 e. The van der Waals surface area contributed by atoms with Gasteiger partial charge in [-0.2, -0.15) is 0 Å². The normalized spacial score (nSPS) is 13.3. The van der Waals surface area contributed by atoms with Crippen LogP contribution >= 0.6 is 0 Å². The van der Waals surface area contributed by atoms with Crippen molar-refractivity contribution in [1.82, 2.24) is 10.3 Å². The summed E-state index contributed by atoms with van der Waals surface area (Å²) < 4.78 is 0. The molecule has 2 aromatic carbocycles. The Labute approximate surface area is 153 Å². The first-order valence-electron chi connectivity index (χ1n) is 9.10. The number of nitrogens with one attached hydrogen (secondary N) is 1. The van der Waals surface area contributed by atoms with Gasteiger partial charge in [0.2, 0.25) is 0 Å². The number of hydrogen-bond acceptors (Lipinski definition) is 3. The highest BCUT2D eigenvalue weighted by molar-refractivity contribution is 5.95. The molecule has 4 nitrogen and oxygen atoms in total. The molecular weight excluding hydrogens is 322 g/mol. The van der Waals surface area contributed by atoms with Crippen LogP contribution in [-0.4, -0.2) is 23.5 Å². The lowest BCUT2D eigenvalue weighted by molar-refractivity contribution is 0.0943. The number of nitrogens with zero attached hydrogens (tertiary/aromatic N) is 2. The van der Waals surface area contributed by atoms with Gasteiger partial charge in [-0.25, -0.2) is 4.98 Å². The fourth-order valence-corrected chi connectivity index (χ4v) is 3.46. The average molecular weight is 345 g/mol. The highest BCUT2D eigenvalue weighted by Crippen LogP contribution is 2.35. The predicted molar refractivity (Wildman–Crippen MR) is 106 cm³/mol. The summed E-state index contributed by atoms with van der Waals surface area (Å²) in [6.45, 7) is 6.93. The molecule has 0 saturated carbocycles. The number of carbonyl (C=O) groups excluding carboxylic acids is 1. The summed E-state index contributed by atoms with van der Waals surface area (Å²) in [4.78, 5) is 19.3. The molecule has 26 heavy (non-hydrogen) atoms. The van der Waals surface area contributed by atoms with Gasteiger partial charge in [-0.05, 0) is 74.7 Å². The molecule has 1 amide bonds. The zero-order valence-electron chi connectivity index (χ0n) is 15.4. The number of aryl methyl sites for hydroxylation is 1. The van der Waals surface area contributed by atoms with Crippen molar-refractivity contribution in [3.05, 3.63) is 65.2 Å². The molecule has 0 radical (unpaired) electrons. The molecule has 0 atom stereocenters. The third kappa shape index (κ3) is 3.03. The Morgan fingerprint density at radius 3 is 2.62 bits per heavy atom. The summed E-state index contributed by atoms with van der Waals surface area (Å²) in [6, 6.07) is 16.6. The number of fused-ring (bicyclic) bond motifs is 2. The molecule has 132 valence electrons. The molecule has 0 fully saturated rings. The van der Waals surface area contributed by atoms with Gasteiger partial charge < -0.3 is 10.2 Å². The summed E-state index contributed by atoms with van der Waals surface area (Å²) in [5, 5.41) is 4.12. The summed E-state index contributed by atoms with van der Waals surface area (Å²) in [6.07, 6.45) is 0.988. The third-order valence-electron chi connectivity index (χ3n) is 4.75. The molecule has 0 unspecified atom stereocenters. The summed E-state index contributed by atoms with van der Waals surface area (Å²) in [7, 11) is 0. The van der Waals surface area contributed by atoms with Gasteiger partial charge in [0, 0.05) is 29.2 Å². The quantitative estimate of drug-likeness (QED) is 0.766. The van der Waals surface area contributed by atoms with Crippen LogP contribution in [0.3, 0.4) is 0 Å². The Morgan fingerprint density at radius 1 is 1.12 bits per heavy atom. The minimum atomic E-state index is -0.0343. The fraction of sp³-hybridized carbons (Fsp3) is 0.273. The smallest absolute Gasteiger partial charge is 0.251 e. The highest BCUT2D eigenvalue weighted by atomic mass is 16.1. The van der Waals surface area contributed by atoms with E-state index in [4.69, 9.17) is 4.98 Å². The van der Waals surface area contributed by atoms with Crippen LogP contribution in [0.25, 0.3) is 10.9 Å². The highest BCUT2D eigenvalue weighted by Gasteiger charge is 2.23. The van der Waals surface area contributed by atoms with Crippen molar-refractivity contribution in [3.63, 3.8) is 0 Å². The van der Waals surface area contributed by atoms with Crippen molar-refractivity contribution in [3.8, 4) is 0 Å². The lowest BCUT2D eigenvalue weighted by Gasteiger charge is -2.19. The van der Waals surface area contributed by atoms with Crippen molar-refractivity contribution < 1.29 is 4.79 Å². The number of hydrogen-bond donors (Lipinski definition) is 1. The van der Waals surface area contributed by atoms with Crippen molar-refractivity contribution >= 4 is 28.3 Å². The zero-order chi connectivity index (χ0) is 18.3. The first kappa shape index (κ1) is 16.6. The van der Waals surface area contributed by atoms with E-state index in [1.165, 1.54) is 16.5 Å². The third-order valence-corrected chi connectivity index (χ3v) is 4.75. The first-order chi connectivity index (χ1) is 12.5. The molecule has 0 aliphatic carbocycles. The van der Waals surface area contributed by atoms with Crippen LogP contribution in [0, 0.1) is 6.92 Å². The molecule has 0 bridgehead atoms. The summed E-state index contributed by atoms with van der Waals surface area (Å²) >= 11 is 0. The minimum absolute atomic E-state index is 0.0343. The SMILES string of the molecule is Cc1ccc2cc3c(nc2c1)N(c1ccc(C(=O)NC(C)C)cc1)CC3. The van der Waals surface area contributed by atoms with Gasteiger partial charge >= 0.3 is 0 Å². The number of anilines is 2. The second kappa shape index (κ2) is 6.45. The van der Waals surface area contributed by atoms with Crippen LogP contribution < -0.4 is 10.2 Å². The van der Waals surface area contributed by atoms with Crippen LogP contribution in [-0.2, 0) is 6.42 Å². The van der Waals surface area contributed by atoms with Gasteiger partial charge in [0.15, 0.2) is 0 Å². The summed E-state index contributed by atoms with van der Waals surface area (Å²) in [5.74, 6) is 0.996. The van der Waals surface area contributed by atoms with Gasteiger partial charge in [-0.15, -0.1) is 0 Å². The van der Waals surface area contributed by atoms with Gasteiger partial charge in [0.25, 0.3) is 5.91 Å². The maximum absolute atomic E-state index is 12.1. The first-order valence-corrected chi connectivity index (χ1v) is 9.10. The lowest BCUT2D eigenvalue weighted by atomic mass is 10.1. The van der Waals surface area contributed by atoms with E-state index in [0.717, 1.165) is 30.0 Å². The second-order valence-corrected chi connectivity index (χ2v) is 7.24. The Balaban J connectivity index is 1.65. The van der Waals surface area contributed by atoms with Crippen LogP contribution in [0.15, 0.2) is 48.5 Å². The van der Waals surface area contributed by atoms with Crippen LogP contribution in [0.1, 0.15) is 35.3 Å². The van der Waals surface area contributed by atoms with E-state index < -0.39 is 0 Å².